The number of nitrogens with one attached hydrogen (secondary N) is 1. The Labute approximate surface area is 167 Å². The van der Waals surface area contributed by atoms with E-state index in [9.17, 15) is 9.90 Å². The van der Waals surface area contributed by atoms with E-state index in [1.54, 1.807) is 0 Å². The smallest absolute Gasteiger partial charge is 0.405 e. The summed E-state index contributed by atoms with van der Waals surface area (Å²) < 4.78 is 0. The van der Waals surface area contributed by atoms with E-state index in [2.05, 4.69) is 45.4 Å². The minimum atomic E-state index is -0.955. The monoisotopic (exact) mass is 379 g/mol. The van der Waals surface area contributed by atoms with Crippen LogP contribution in [-0.2, 0) is 6.54 Å². The number of nitrogens with zero attached hydrogens (tertiary/aromatic N) is 2. The van der Waals surface area contributed by atoms with Crippen LogP contribution >= 0.6 is 0 Å². The molecule has 0 radical (unpaired) electrons. The van der Waals surface area contributed by atoms with Crippen molar-refractivity contribution in [3.8, 4) is 0 Å². The SMILES string of the molecule is O=C(O)NC(CCN1CC2CN(Cc3ccccc3)C[C@@H]2C1)c1ccccc1. The zero-order chi connectivity index (χ0) is 19.3. The van der Waals surface area contributed by atoms with Crippen LogP contribution < -0.4 is 5.32 Å². The second-order valence-electron chi connectivity index (χ2n) is 8.16. The Morgan fingerprint density at radius 1 is 0.929 bits per heavy atom. The second kappa shape index (κ2) is 8.76. The number of carboxylic acid groups (broad SMARTS) is 1. The Morgan fingerprint density at radius 2 is 1.50 bits per heavy atom. The first-order chi connectivity index (χ1) is 13.7. The number of hydrogen-bond acceptors (Lipinski definition) is 3. The van der Waals surface area contributed by atoms with E-state index >= 15 is 0 Å². The first-order valence-electron chi connectivity index (χ1n) is 10.2. The number of likely N-dealkylation sites (tertiary alicyclic amines) is 2. The number of fused-ring (bicyclic) bond motifs is 1. The highest BCUT2D eigenvalue weighted by atomic mass is 16.4. The molecule has 2 aliphatic rings. The molecule has 28 heavy (non-hydrogen) atoms. The first-order valence-corrected chi connectivity index (χ1v) is 10.2. The summed E-state index contributed by atoms with van der Waals surface area (Å²) >= 11 is 0. The van der Waals surface area contributed by atoms with Crippen molar-refractivity contribution in [1.29, 1.82) is 0 Å². The lowest BCUT2D eigenvalue weighted by atomic mass is 10.0. The van der Waals surface area contributed by atoms with Crippen molar-refractivity contribution in [1.82, 2.24) is 15.1 Å². The quantitative estimate of drug-likeness (QED) is 0.774. The molecule has 3 atom stereocenters. The number of hydrogen-bond donors (Lipinski definition) is 2. The highest BCUT2D eigenvalue weighted by Crippen LogP contribution is 2.32. The fraction of sp³-hybridized carbons (Fsp3) is 0.435. The minimum Gasteiger partial charge on any atom is -0.465 e. The normalized spacial score (nSPS) is 23.4. The summed E-state index contributed by atoms with van der Waals surface area (Å²) in [5, 5.41) is 11.9. The maximum absolute atomic E-state index is 11.2. The molecule has 1 amide bonds. The van der Waals surface area contributed by atoms with E-state index in [-0.39, 0.29) is 6.04 Å². The summed E-state index contributed by atoms with van der Waals surface area (Å²) in [6.45, 7) is 6.59. The minimum absolute atomic E-state index is 0.145. The molecule has 4 rings (SSSR count). The van der Waals surface area contributed by atoms with Crippen LogP contribution in [0.15, 0.2) is 60.7 Å². The maximum Gasteiger partial charge on any atom is 0.405 e. The van der Waals surface area contributed by atoms with Crippen molar-refractivity contribution >= 4 is 6.09 Å². The van der Waals surface area contributed by atoms with Gasteiger partial charge in [0, 0.05) is 39.3 Å². The van der Waals surface area contributed by atoms with Crippen LogP contribution in [0.1, 0.15) is 23.6 Å². The predicted octanol–water partition coefficient (Wildman–Crippen LogP) is 3.45. The van der Waals surface area contributed by atoms with Crippen molar-refractivity contribution in [2.75, 3.05) is 32.7 Å². The number of carbonyl (C=O) groups is 1. The summed E-state index contributed by atoms with van der Waals surface area (Å²) in [6, 6.07) is 20.5. The van der Waals surface area contributed by atoms with Gasteiger partial charge in [-0.25, -0.2) is 4.79 Å². The summed E-state index contributed by atoms with van der Waals surface area (Å²) in [4.78, 5) is 16.3. The van der Waals surface area contributed by atoms with Gasteiger partial charge in [-0.1, -0.05) is 60.7 Å². The molecule has 0 aromatic heterocycles. The van der Waals surface area contributed by atoms with Crippen LogP contribution in [0.2, 0.25) is 0 Å². The largest absolute Gasteiger partial charge is 0.465 e. The molecule has 2 saturated heterocycles. The van der Waals surface area contributed by atoms with Gasteiger partial charge in [-0.2, -0.15) is 0 Å². The van der Waals surface area contributed by atoms with Gasteiger partial charge in [-0.15, -0.1) is 0 Å². The van der Waals surface area contributed by atoms with Gasteiger partial charge >= 0.3 is 6.09 Å². The molecule has 2 N–H and O–H groups in total. The average molecular weight is 380 g/mol. The molecular weight excluding hydrogens is 350 g/mol. The molecule has 5 heteroatoms. The van der Waals surface area contributed by atoms with Crippen LogP contribution in [0.25, 0.3) is 0 Å². The Kier molecular flexibility index (Phi) is 5.93. The van der Waals surface area contributed by atoms with Gasteiger partial charge in [-0.3, -0.25) is 4.90 Å². The van der Waals surface area contributed by atoms with E-state index in [1.807, 2.05) is 30.3 Å². The average Bonchev–Trinajstić information content (AvgIpc) is 3.24. The van der Waals surface area contributed by atoms with Crippen molar-refractivity contribution in [2.45, 2.75) is 19.0 Å². The van der Waals surface area contributed by atoms with E-state index < -0.39 is 6.09 Å². The molecule has 2 fully saturated rings. The molecule has 2 heterocycles. The van der Waals surface area contributed by atoms with Crippen LogP contribution in [0, 0.1) is 11.8 Å². The topological polar surface area (TPSA) is 55.8 Å². The van der Waals surface area contributed by atoms with Gasteiger partial charge in [0.1, 0.15) is 0 Å². The highest BCUT2D eigenvalue weighted by molar-refractivity contribution is 5.65. The summed E-state index contributed by atoms with van der Waals surface area (Å²) in [5.74, 6) is 1.48. The third-order valence-electron chi connectivity index (χ3n) is 6.12. The number of amides is 1. The van der Waals surface area contributed by atoms with Crippen LogP contribution in [0.3, 0.4) is 0 Å². The molecule has 0 spiro atoms. The lowest BCUT2D eigenvalue weighted by Crippen LogP contribution is -2.33. The van der Waals surface area contributed by atoms with Crippen LogP contribution in [-0.4, -0.2) is 53.7 Å². The van der Waals surface area contributed by atoms with E-state index in [1.165, 1.54) is 18.7 Å². The number of benzene rings is 2. The van der Waals surface area contributed by atoms with Gasteiger partial charge in [-0.05, 0) is 29.4 Å². The fourth-order valence-corrected chi connectivity index (χ4v) is 4.81. The van der Waals surface area contributed by atoms with Crippen LogP contribution in [0.4, 0.5) is 4.79 Å². The highest BCUT2D eigenvalue weighted by Gasteiger charge is 2.39. The Morgan fingerprint density at radius 3 is 2.11 bits per heavy atom. The van der Waals surface area contributed by atoms with Crippen LogP contribution in [0.5, 0.6) is 0 Å². The zero-order valence-corrected chi connectivity index (χ0v) is 16.2. The summed E-state index contributed by atoms with van der Waals surface area (Å²) in [6.07, 6.45) is -0.146. The molecule has 2 unspecified atom stereocenters. The molecule has 0 saturated carbocycles. The standard InChI is InChI=1S/C23H29N3O2/c27-23(28)24-22(19-9-5-2-6-10-19)11-12-25-14-20-16-26(17-21(20)15-25)13-18-7-3-1-4-8-18/h1-10,20-22,24H,11-17H2,(H,27,28)/t20-,21?,22?/m0/s1. The first kappa shape index (κ1) is 19.0. The lowest BCUT2D eigenvalue weighted by molar-refractivity contribution is 0.186. The van der Waals surface area contributed by atoms with Gasteiger partial charge < -0.3 is 15.3 Å². The summed E-state index contributed by atoms with van der Waals surface area (Å²) in [5.41, 5.74) is 2.43. The van der Waals surface area contributed by atoms with E-state index in [0.717, 1.165) is 50.0 Å². The number of rotatable bonds is 7. The third kappa shape index (κ3) is 4.72. The van der Waals surface area contributed by atoms with Gasteiger partial charge in [0.05, 0.1) is 6.04 Å². The predicted molar refractivity (Wildman–Crippen MR) is 110 cm³/mol. The molecule has 2 aromatic rings. The zero-order valence-electron chi connectivity index (χ0n) is 16.2. The Bertz CT molecular complexity index is 754. The Balaban J connectivity index is 1.27. The van der Waals surface area contributed by atoms with E-state index in [4.69, 9.17) is 0 Å². The molecule has 148 valence electrons. The summed E-state index contributed by atoms with van der Waals surface area (Å²) in [7, 11) is 0. The van der Waals surface area contributed by atoms with Crippen molar-refractivity contribution in [2.24, 2.45) is 11.8 Å². The second-order valence-corrected chi connectivity index (χ2v) is 8.16. The molecule has 0 aliphatic carbocycles. The molecule has 2 aliphatic heterocycles. The lowest BCUT2D eigenvalue weighted by Gasteiger charge is -2.24. The maximum atomic E-state index is 11.2. The van der Waals surface area contributed by atoms with Gasteiger partial charge in [0.25, 0.3) is 0 Å². The third-order valence-corrected chi connectivity index (χ3v) is 6.12. The fourth-order valence-electron chi connectivity index (χ4n) is 4.81. The van der Waals surface area contributed by atoms with Gasteiger partial charge in [0.2, 0.25) is 0 Å². The molecular formula is C23H29N3O2. The Hall–Kier alpha value is -2.37. The van der Waals surface area contributed by atoms with Crippen molar-refractivity contribution in [3.05, 3.63) is 71.8 Å². The molecule has 5 nitrogen and oxygen atoms in total. The van der Waals surface area contributed by atoms with Crippen molar-refractivity contribution < 1.29 is 9.90 Å². The van der Waals surface area contributed by atoms with E-state index in [0.29, 0.717) is 0 Å². The molecule has 2 aromatic carbocycles. The van der Waals surface area contributed by atoms with Crippen molar-refractivity contribution in [3.63, 3.8) is 0 Å². The van der Waals surface area contributed by atoms with Gasteiger partial charge in [0.15, 0.2) is 0 Å². The molecule has 0 bridgehead atoms.